The fraction of sp³-hybridized carbons (Fsp3) is 0.231. The molecule has 0 bridgehead atoms. The largest absolute Gasteiger partial charge is 0.383 e. The number of pyridine rings is 1. The third-order valence-corrected chi connectivity index (χ3v) is 3.24. The second kappa shape index (κ2) is 5.98. The highest BCUT2D eigenvalue weighted by atomic mass is 32.1. The van der Waals surface area contributed by atoms with Crippen molar-refractivity contribution in [3.05, 3.63) is 41.6 Å². The van der Waals surface area contributed by atoms with Gasteiger partial charge in [-0.2, -0.15) is 10.2 Å². The van der Waals surface area contributed by atoms with Crippen LogP contribution in [0.2, 0.25) is 0 Å². The number of ether oxygens (including phenoxy) is 1. The van der Waals surface area contributed by atoms with E-state index in [0.29, 0.717) is 23.7 Å². The van der Waals surface area contributed by atoms with E-state index in [2.05, 4.69) is 20.3 Å². The third kappa shape index (κ3) is 2.76. The Morgan fingerprint density at radius 2 is 2.29 bits per heavy atom. The minimum atomic E-state index is 0.502. The summed E-state index contributed by atoms with van der Waals surface area (Å²) in [7, 11) is 1.66. The van der Waals surface area contributed by atoms with Gasteiger partial charge in [0.1, 0.15) is 5.69 Å². The molecule has 0 fully saturated rings. The SMILES string of the molecule is COCCn1cc(-n2c(-c3ccccn3)n[nH]c2=S)cn1. The molecule has 8 heteroatoms. The highest BCUT2D eigenvalue weighted by Gasteiger charge is 2.13. The Hall–Kier alpha value is -2.32. The normalized spacial score (nSPS) is 10.9. The standard InChI is InChI=1S/C13H14N6OS/c1-20-7-6-18-9-10(8-15-18)19-12(16-17-13(19)21)11-4-2-3-5-14-11/h2-5,8-9H,6-7H2,1H3,(H,17,21). The fourth-order valence-corrected chi connectivity index (χ4v) is 2.22. The molecule has 1 N–H and O–H groups in total. The minimum absolute atomic E-state index is 0.502. The second-order valence-electron chi connectivity index (χ2n) is 4.36. The highest BCUT2D eigenvalue weighted by molar-refractivity contribution is 7.71. The van der Waals surface area contributed by atoms with E-state index in [-0.39, 0.29) is 0 Å². The summed E-state index contributed by atoms with van der Waals surface area (Å²) >= 11 is 5.31. The number of hydrogen-bond donors (Lipinski definition) is 1. The fourth-order valence-electron chi connectivity index (χ4n) is 1.98. The van der Waals surface area contributed by atoms with Gasteiger partial charge in [-0.3, -0.25) is 19.3 Å². The van der Waals surface area contributed by atoms with Gasteiger partial charge in [-0.15, -0.1) is 0 Å². The van der Waals surface area contributed by atoms with Crippen LogP contribution in [0.15, 0.2) is 36.8 Å². The van der Waals surface area contributed by atoms with Gasteiger partial charge in [-0.05, 0) is 24.4 Å². The molecule has 0 saturated carbocycles. The van der Waals surface area contributed by atoms with Crippen molar-refractivity contribution in [1.29, 1.82) is 0 Å². The van der Waals surface area contributed by atoms with Crippen molar-refractivity contribution in [3.63, 3.8) is 0 Å². The van der Waals surface area contributed by atoms with Crippen LogP contribution in [0, 0.1) is 4.77 Å². The lowest BCUT2D eigenvalue weighted by atomic mass is 10.3. The van der Waals surface area contributed by atoms with Crippen LogP contribution in [0.4, 0.5) is 0 Å². The van der Waals surface area contributed by atoms with E-state index in [0.717, 1.165) is 11.4 Å². The monoisotopic (exact) mass is 302 g/mol. The maximum absolute atomic E-state index is 5.31. The van der Waals surface area contributed by atoms with Crippen LogP contribution in [-0.2, 0) is 11.3 Å². The van der Waals surface area contributed by atoms with Crippen LogP contribution >= 0.6 is 12.2 Å². The predicted molar refractivity (Wildman–Crippen MR) is 79.6 cm³/mol. The van der Waals surface area contributed by atoms with Gasteiger partial charge in [0, 0.05) is 19.5 Å². The first-order valence-corrected chi connectivity index (χ1v) is 6.81. The van der Waals surface area contributed by atoms with Gasteiger partial charge in [0.05, 0.1) is 25.0 Å². The summed E-state index contributed by atoms with van der Waals surface area (Å²) in [5, 5.41) is 11.3. The highest BCUT2D eigenvalue weighted by Crippen LogP contribution is 2.18. The average molecular weight is 302 g/mol. The summed E-state index contributed by atoms with van der Waals surface area (Å²) in [5.74, 6) is 0.659. The number of aromatic nitrogens is 6. The van der Waals surface area contributed by atoms with Gasteiger partial charge >= 0.3 is 0 Å². The Morgan fingerprint density at radius 1 is 1.38 bits per heavy atom. The number of nitrogens with zero attached hydrogens (tertiary/aromatic N) is 5. The summed E-state index contributed by atoms with van der Waals surface area (Å²) in [6, 6.07) is 5.65. The topological polar surface area (TPSA) is 73.6 Å². The maximum atomic E-state index is 5.31. The molecule has 108 valence electrons. The molecule has 0 aliphatic heterocycles. The van der Waals surface area contributed by atoms with Crippen molar-refractivity contribution >= 4 is 12.2 Å². The molecule has 0 aliphatic carbocycles. The second-order valence-corrected chi connectivity index (χ2v) is 4.74. The summed E-state index contributed by atoms with van der Waals surface area (Å²) in [5.41, 5.74) is 1.58. The number of nitrogens with one attached hydrogen (secondary N) is 1. The summed E-state index contributed by atoms with van der Waals surface area (Å²) < 4.78 is 9.16. The lowest BCUT2D eigenvalue weighted by Gasteiger charge is -2.03. The lowest BCUT2D eigenvalue weighted by Crippen LogP contribution is -2.04. The third-order valence-electron chi connectivity index (χ3n) is 2.97. The minimum Gasteiger partial charge on any atom is -0.383 e. The van der Waals surface area contributed by atoms with E-state index in [1.165, 1.54) is 0 Å². The first kappa shape index (κ1) is 13.7. The van der Waals surface area contributed by atoms with E-state index in [4.69, 9.17) is 17.0 Å². The van der Waals surface area contributed by atoms with E-state index >= 15 is 0 Å². The Labute approximate surface area is 126 Å². The maximum Gasteiger partial charge on any atom is 0.200 e. The van der Waals surface area contributed by atoms with Gasteiger partial charge < -0.3 is 4.74 Å². The number of H-pyrrole nitrogens is 1. The van der Waals surface area contributed by atoms with E-state index in [9.17, 15) is 0 Å². The van der Waals surface area contributed by atoms with Crippen molar-refractivity contribution in [2.45, 2.75) is 6.54 Å². The van der Waals surface area contributed by atoms with E-state index in [1.807, 2.05) is 29.0 Å². The molecule has 0 radical (unpaired) electrons. The molecule has 7 nitrogen and oxygen atoms in total. The van der Waals surface area contributed by atoms with Crippen molar-refractivity contribution < 1.29 is 4.74 Å². The van der Waals surface area contributed by atoms with Crippen molar-refractivity contribution in [1.82, 2.24) is 29.5 Å². The Kier molecular flexibility index (Phi) is 3.89. The zero-order chi connectivity index (χ0) is 14.7. The molecule has 21 heavy (non-hydrogen) atoms. The van der Waals surface area contributed by atoms with Crippen LogP contribution in [0.1, 0.15) is 0 Å². The van der Waals surface area contributed by atoms with E-state index in [1.54, 1.807) is 24.2 Å². The van der Waals surface area contributed by atoms with Crippen molar-refractivity contribution in [2.24, 2.45) is 0 Å². The van der Waals surface area contributed by atoms with Crippen LogP contribution in [0.3, 0.4) is 0 Å². The van der Waals surface area contributed by atoms with Crippen molar-refractivity contribution in [2.75, 3.05) is 13.7 Å². The van der Waals surface area contributed by atoms with Gasteiger partial charge in [0.2, 0.25) is 0 Å². The zero-order valence-electron chi connectivity index (χ0n) is 11.4. The van der Waals surface area contributed by atoms with E-state index < -0.39 is 0 Å². The molecular weight excluding hydrogens is 288 g/mol. The zero-order valence-corrected chi connectivity index (χ0v) is 12.2. The summed E-state index contributed by atoms with van der Waals surface area (Å²) in [6.07, 6.45) is 5.36. The molecule has 0 aliphatic rings. The van der Waals surface area contributed by atoms with Crippen LogP contribution < -0.4 is 0 Å². The Morgan fingerprint density at radius 3 is 3.05 bits per heavy atom. The Bertz CT molecular complexity index is 775. The van der Waals surface area contributed by atoms with Gasteiger partial charge in [0.15, 0.2) is 10.6 Å². The molecule has 3 heterocycles. The van der Waals surface area contributed by atoms with Crippen LogP contribution in [0.5, 0.6) is 0 Å². The molecular formula is C13H14N6OS. The summed E-state index contributed by atoms with van der Waals surface area (Å²) in [6.45, 7) is 1.28. The van der Waals surface area contributed by atoms with Crippen LogP contribution in [-0.4, -0.2) is 43.2 Å². The molecule has 0 aromatic carbocycles. The number of methoxy groups -OCH3 is 1. The smallest absolute Gasteiger partial charge is 0.200 e. The van der Waals surface area contributed by atoms with Crippen molar-refractivity contribution in [3.8, 4) is 17.2 Å². The molecule has 3 aromatic heterocycles. The van der Waals surface area contributed by atoms with Crippen LogP contribution in [0.25, 0.3) is 17.2 Å². The average Bonchev–Trinajstić information content (AvgIpc) is 3.12. The van der Waals surface area contributed by atoms with Gasteiger partial charge in [-0.25, -0.2) is 0 Å². The molecule has 0 atom stereocenters. The molecule has 0 amide bonds. The predicted octanol–water partition coefficient (Wildman–Crippen LogP) is 1.83. The first-order chi connectivity index (χ1) is 10.3. The quantitative estimate of drug-likeness (QED) is 0.728. The molecule has 3 rings (SSSR count). The lowest BCUT2D eigenvalue weighted by molar-refractivity contribution is 0.183. The molecule has 0 spiro atoms. The first-order valence-electron chi connectivity index (χ1n) is 6.40. The number of rotatable bonds is 5. The number of aromatic amines is 1. The molecule has 0 saturated heterocycles. The van der Waals surface area contributed by atoms with Gasteiger partial charge in [-0.1, -0.05) is 6.07 Å². The summed E-state index contributed by atoms with van der Waals surface area (Å²) in [4.78, 5) is 4.31. The molecule has 0 unspecified atom stereocenters. The number of hydrogen-bond acceptors (Lipinski definition) is 5. The molecule has 3 aromatic rings. The van der Waals surface area contributed by atoms with Gasteiger partial charge in [0.25, 0.3) is 0 Å². The Balaban J connectivity index is 2.01.